The van der Waals surface area contributed by atoms with Crippen LogP contribution in [0.4, 0.5) is 0 Å². The molecular formula is C12H12N4OS4. The fourth-order valence-electron chi connectivity index (χ4n) is 1.42. The van der Waals surface area contributed by atoms with E-state index in [1.807, 2.05) is 18.4 Å². The van der Waals surface area contributed by atoms with E-state index in [0.29, 0.717) is 5.01 Å². The van der Waals surface area contributed by atoms with Crippen LogP contribution in [0.5, 0.6) is 0 Å². The van der Waals surface area contributed by atoms with Gasteiger partial charge in [0.2, 0.25) is 0 Å². The molecule has 0 aromatic carbocycles. The van der Waals surface area contributed by atoms with Crippen molar-refractivity contribution < 1.29 is 4.79 Å². The number of Topliss-reactive ketones (excluding diaryl/α,β-unsaturated/α-hetero) is 1. The van der Waals surface area contributed by atoms with Crippen molar-refractivity contribution in [2.75, 3.05) is 11.5 Å². The monoisotopic (exact) mass is 356 g/mol. The van der Waals surface area contributed by atoms with E-state index in [4.69, 9.17) is 0 Å². The van der Waals surface area contributed by atoms with E-state index in [1.54, 1.807) is 11.8 Å². The number of rotatable bonds is 7. The number of hydrogen-bond donors (Lipinski definition) is 0. The summed E-state index contributed by atoms with van der Waals surface area (Å²) in [4.78, 5) is 16.4. The Kier molecular flexibility index (Phi) is 6.17. The van der Waals surface area contributed by atoms with Gasteiger partial charge in [0, 0.05) is 11.1 Å². The van der Waals surface area contributed by atoms with E-state index in [0.717, 1.165) is 20.1 Å². The van der Waals surface area contributed by atoms with Crippen LogP contribution in [0.25, 0.3) is 0 Å². The SMILES string of the molecule is CCSc1nnc(SCC(=O)[C@@H](C#N)c2nc(C)cs2)s1. The molecule has 0 N–H and O–H groups in total. The summed E-state index contributed by atoms with van der Waals surface area (Å²) in [5, 5.41) is 19.7. The molecule has 0 bridgehead atoms. The maximum absolute atomic E-state index is 12.2. The second-order valence-corrected chi connectivity index (χ2v) is 8.51. The third-order valence-electron chi connectivity index (χ3n) is 2.33. The van der Waals surface area contributed by atoms with Crippen LogP contribution < -0.4 is 0 Å². The number of carbonyl (C=O) groups excluding carboxylic acids is 1. The highest BCUT2D eigenvalue weighted by Gasteiger charge is 2.23. The maximum Gasteiger partial charge on any atom is 0.175 e. The van der Waals surface area contributed by atoms with Gasteiger partial charge >= 0.3 is 0 Å². The van der Waals surface area contributed by atoms with Gasteiger partial charge in [-0.1, -0.05) is 41.8 Å². The lowest BCUT2D eigenvalue weighted by molar-refractivity contribution is -0.116. The molecule has 110 valence electrons. The number of thiazole rings is 1. The lowest BCUT2D eigenvalue weighted by atomic mass is 10.1. The minimum Gasteiger partial charge on any atom is -0.297 e. The molecule has 5 nitrogen and oxygen atoms in total. The zero-order valence-electron chi connectivity index (χ0n) is 11.4. The molecule has 0 aliphatic carbocycles. The third kappa shape index (κ3) is 4.51. The summed E-state index contributed by atoms with van der Waals surface area (Å²) in [5.74, 6) is 0.228. The van der Waals surface area contributed by atoms with Gasteiger partial charge in [0.1, 0.15) is 5.01 Å². The Morgan fingerprint density at radius 2 is 2.14 bits per heavy atom. The summed E-state index contributed by atoms with van der Waals surface area (Å²) in [6.07, 6.45) is 0. The highest BCUT2D eigenvalue weighted by Crippen LogP contribution is 2.30. The van der Waals surface area contributed by atoms with Crippen LogP contribution in [0.3, 0.4) is 0 Å². The standard InChI is InChI=1S/C12H12N4OS4/c1-3-18-11-15-16-12(21-11)20-6-9(17)8(4-13)10-14-7(2)5-19-10/h5,8H,3,6H2,1-2H3/t8-/m1/s1. The Bertz CT molecular complexity index is 660. The van der Waals surface area contributed by atoms with Gasteiger partial charge in [0.15, 0.2) is 20.4 Å². The summed E-state index contributed by atoms with van der Waals surface area (Å²) in [7, 11) is 0. The van der Waals surface area contributed by atoms with E-state index >= 15 is 0 Å². The van der Waals surface area contributed by atoms with Crippen molar-refractivity contribution in [2.24, 2.45) is 0 Å². The predicted octanol–water partition coefficient (Wildman–Crippen LogP) is 3.38. The molecule has 0 saturated heterocycles. The van der Waals surface area contributed by atoms with Gasteiger partial charge in [-0.15, -0.1) is 21.5 Å². The van der Waals surface area contributed by atoms with E-state index in [9.17, 15) is 10.1 Å². The van der Waals surface area contributed by atoms with Gasteiger partial charge in [-0.05, 0) is 12.7 Å². The molecule has 0 aliphatic heterocycles. The second kappa shape index (κ2) is 7.89. The van der Waals surface area contributed by atoms with Crippen molar-refractivity contribution in [3.63, 3.8) is 0 Å². The van der Waals surface area contributed by atoms with Crippen molar-refractivity contribution in [3.05, 3.63) is 16.1 Å². The van der Waals surface area contributed by atoms with Crippen molar-refractivity contribution in [2.45, 2.75) is 28.4 Å². The van der Waals surface area contributed by atoms with Crippen LogP contribution >= 0.6 is 46.2 Å². The van der Waals surface area contributed by atoms with Crippen LogP contribution in [-0.2, 0) is 4.79 Å². The lowest BCUT2D eigenvalue weighted by Gasteiger charge is -2.03. The number of aryl methyl sites for hydroxylation is 1. The van der Waals surface area contributed by atoms with Crippen LogP contribution in [0.2, 0.25) is 0 Å². The summed E-state index contributed by atoms with van der Waals surface area (Å²) < 4.78 is 1.66. The number of nitrogens with zero attached hydrogens (tertiary/aromatic N) is 4. The Morgan fingerprint density at radius 3 is 2.71 bits per heavy atom. The van der Waals surface area contributed by atoms with E-state index < -0.39 is 5.92 Å². The van der Waals surface area contributed by atoms with Gasteiger partial charge in [0.25, 0.3) is 0 Å². The highest BCUT2D eigenvalue weighted by molar-refractivity contribution is 8.03. The van der Waals surface area contributed by atoms with E-state index in [-0.39, 0.29) is 11.5 Å². The first-order valence-electron chi connectivity index (χ1n) is 6.07. The summed E-state index contributed by atoms with van der Waals surface area (Å²) in [5.41, 5.74) is 0.834. The first-order valence-corrected chi connectivity index (χ1v) is 9.74. The third-order valence-corrected chi connectivity index (χ3v) is 6.45. The summed E-state index contributed by atoms with van der Waals surface area (Å²) >= 11 is 5.78. The Morgan fingerprint density at radius 1 is 1.43 bits per heavy atom. The van der Waals surface area contributed by atoms with Gasteiger partial charge in [-0.3, -0.25) is 4.79 Å². The fraction of sp³-hybridized carbons (Fsp3) is 0.417. The van der Waals surface area contributed by atoms with Gasteiger partial charge in [-0.25, -0.2) is 4.98 Å². The second-order valence-electron chi connectivity index (χ2n) is 3.91. The molecule has 0 fully saturated rings. The topological polar surface area (TPSA) is 79.5 Å². The van der Waals surface area contributed by atoms with Crippen LogP contribution in [0.15, 0.2) is 14.1 Å². The summed E-state index contributed by atoms with van der Waals surface area (Å²) in [6.45, 7) is 3.90. The van der Waals surface area contributed by atoms with Gasteiger partial charge in [0.05, 0.1) is 11.8 Å². The average molecular weight is 357 g/mol. The molecule has 21 heavy (non-hydrogen) atoms. The Labute approximate surface area is 139 Å². The molecule has 0 radical (unpaired) electrons. The zero-order chi connectivity index (χ0) is 15.2. The smallest absolute Gasteiger partial charge is 0.175 e. The molecule has 2 aromatic heterocycles. The highest BCUT2D eigenvalue weighted by atomic mass is 32.2. The van der Waals surface area contributed by atoms with Gasteiger partial charge < -0.3 is 0 Å². The largest absolute Gasteiger partial charge is 0.297 e. The molecule has 2 aromatic rings. The minimum atomic E-state index is -0.784. The quantitative estimate of drug-likeness (QED) is 0.703. The molecule has 0 amide bonds. The molecular weight excluding hydrogens is 344 g/mol. The van der Waals surface area contributed by atoms with Crippen LogP contribution in [0.1, 0.15) is 23.5 Å². The van der Waals surface area contributed by atoms with Crippen molar-refractivity contribution in [1.82, 2.24) is 15.2 Å². The Balaban J connectivity index is 1.95. The molecule has 2 heterocycles. The molecule has 0 spiro atoms. The fourth-order valence-corrected chi connectivity index (χ4v) is 5.11. The van der Waals surface area contributed by atoms with Gasteiger partial charge in [-0.2, -0.15) is 5.26 Å². The zero-order valence-corrected chi connectivity index (χ0v) is 14.7. The number of hydrogen-bond acceptors (Lipinski definition) is 9. The summed E-state index contributed by atoms with van der Waals surface area (Å²) in [6, 6.07) is 2.04. The average Bonchev–Trinajstić information content (AvgIpc) is 3.07. The predicted molar refractivity (Wildman–Crippen MR) is 87.2 cm³/mol. The first kappa shape index (κ1) is 16.4. The molecule has 0 aliphatic rings. The maximum atomic E-state index is 12.2. The molecule has 1 atom stereocenters. The normalized spacial score (nSPS) is 12.0. The number of thioether (sulfide) groups is 2. The van der Waals surface area contributed by atoms with E-state index in [1.165, 1.54) is 34.4 Å². The molecule has 2 rings (SSSR count). The van der Waals surface area contributed by atoms with Crippen molar-refractivity contribution >= 4 is 52.0 Å². The molecule has 0 saturated carbocycles. The Hall–Kier alpha value is -0.950. The first-order chi connectivity index (χ1) is 10.1. The van der Waals surface area contributed by atoms with Crippen molar-refractivity contribution in [1.29, 1.82) is 5.26 Å². The molecule has 9 heteroatoms. The van der Waals surface area contributed by atoms with Crippen molar-refractivity contribution in [3.8, 4) is 6.07 Å². The number of carbonyl (C=O) groups is 1. The van der Waals surface area contributed by atoms with E-state index in [2.05, 4.69) is 22.1 Å². The van der Waals surface area contributed by atoms with Crippen LogP contribution in [-0.4, -0.2) is 32.5 Å². The number of ketones is 1. The number of nitriles is 1. The van der Waals surface area contributed by atoms with Crippen LogP contribution in [0, 0.1) is 18.3 Å². The molecule has 0 unspecified atom stereocenters. The number of aromatic nitrogens is 3. The minimum absolute atomic E-state index is 0.142. The lowest BCUT2D eigenvalue weighted by Crippen LogP contribution is -2.13.